The van der Waals surface area contributed by atoms with Crippen molar-refractivity contribution in [3.8, 4) is 11.6 Å². The number of methoxy groups -OCH3 is 1. The van der Waals surface area contributed by atoms with E-state index in [1.54, 1.807) is 7.11 Å². The van der Waals surface area contributed by atoms with E-state index in [9.17, 15) is 4.79 Å². The van der Waals surface area contributed by atoms with Gasteiger partial charge in [0.1, 0.15) is 17.5 Å². The summed E-state index contributed by atoms with van der Waals surface area (Å²) in [6.07, 6.45) is 3.14. The molecule has 184 valence electrons. The number of piperazine rings is 1. The first kappa shape index (κ1) is 22.9. The van der Waals surface area contributed by atoms with E-state index >= 15 is 0 Å². The first-order valence-electron chi connectivity index (χ1n) is 11.6. The predicted octanol–water partition coefficient (Wildman–Crippen LogP) is 1.94. The minimum atomic E-state index is -0.287. The van der Waals surface area contributed by atoms with Crippen LogP contribution < -0.4 is 30.3 Å². The first-order chi connectivity index (χ1) is 17.0. The normalized spacial score (nSPS) is 16.6. The highest BCUT2D eigenvalue weighted by Crippen LogP contribution is 2.39. The lowest BCUT2D eigenvalue weighted by atomic mass is 10.1. The Hall–Kier alpha value is -3.83. The number of amides is 1. The van der Waals surface area contributed by atoms with Gasteiger partial charge in [-0.15, -0.1) is 0 Å². The van der Waals surface area contributed by atoms with E-state index in [2.05, 4.69) is 54.3 Å². The monoisotopic (exact) mass is 478 g/mol. The lowest BCUT2D eigenvalue weighted by Gasteiger charge is -2.35. The van der Waals surface area contributed by atoms with Gasteiger partial charge in [0, 0.05) is 51.5 Å². The van der Waals surface area contributed by atoms with Gasteiger partial charge < -0.3 is 40.2 Å². The van der Waals surface area contributed by atoms with Crippen molar-refractivity contribution in [3.63, 3.8) is 0 Å². The number of nitrogens with zero attached hydrogens (tertiary/aromatic N) is 4. The van der Waals surface area contributed by atoms with Crippen molar-refractivity contribution in [1.29, 1.82) is 0 Å². The Morgan fingerprint density at radius 3 is 2.69 bits per heavy atom. The highest BCUT2D eigenvalue weighted by atomic mass is 16.5. The average Bonchev–Trinajstić information content (AvgIpc) is 3.31. The molecule has 0 saturated carbocycles. The SMILES string of the molecule is C=CC(=O)Nc1cc(Nc2nc(OC3CNC3)c3cc[nH]c3n2)c(OC)cc1N1CCN(C)CC1. The quantitative estimate of drug-likeness (QED) is 0.360. The minimum absolute atomic E-state index is 0.0778. The topological polar surface area (TPSA) is 120 Å². The zero-order valence-corrected chi connectivity index (χ0v) is 19.9. The molecule has 0 spiro atoms. The first-order valence-corrected chi connectivity index (χ1v) is 11.6. The summed E-state index contributed by atoms with van der Waals surface area (Å²) in [4.78, 5) is 29.1. The summed E-state index contributed by atoms with van der Waals surface area (Å²) in [6, 6.07) is 5.67. The number of likely N-dealkylation sites (N-methyl/N-ethyl adjacent to an activating group) is 1. The van der Waals surface area contributed by atoms with Crippen molar-refractivity contribution in [2.45, 2.75) is 6.10 Å². The molecule has 0 bridgehead atoms. The molecule has 1 amide bonds. The van der Waals surface area contributed by atoms with E-state index in [1.165, 1.54) is 6.08 Å². The lowest BCUT2D eigenvalue weighted by molar-refractivity contribution is -0.111. The summed E-state index contributed by atoms with van der Waals surface area (Å²) in [5.41, 5.74) is 2.82. The van der Waals surface area contributed by atoms with Crippen molar-refractivity contribution in [2.24, 2.45) is 0 Å². The Balaban J connectivity index is 1.50. The number of H-pyrrole nitrogens is 1. The summed E-state index contributed by atoms with van der Waals surface area (Å²) >= 11 is 0. The third kappa shape index (κ3) is 4.86. The molecule has 0 unspecified atom stereocenters. The molecule has 0 aliphatic carbocycles. The zero-order valence-electron chi connectivity index (χ0n) is 19.9. The van der Waals surface area contributed by atoms with Gasteiger partial charge in [-0.25, -0.2) is 0 Å². The van der Waals surface area contributed by atoms with E-state index in [0.29, 0.717) is 34.6 Å². The number of benzene rings is 1. The number of anilines is 4. The van der Waals surface area contributed by atoms with Crippen LogP contribution in [0.2, 0.25) is 0 Å². The Kier molecular flexibility index (Phi) is 6.43. The Labute approximate surface area is 203 Å². The summed E-state index contributed by atoms with van der Waals surface area (Å²) < 4.78 is 11.8. The van der Waals surface area contributed by atoms with Crippen LogP contribution in [0.15, 0.2) is 37.1 Å². The van der Waals surface area contributed by atoms with Gasteiger partial charge in [-0.2, -0.15) is 9.97 Å². The Morgan fingerprint density at radius 2 is 2.00 bits per heavy atom. The molecule has 2 aromatic heterocycles. The van der Waals surface area contributed by atoms with Crippen LogP contribution in [0, 0.1) is 0 Å². The van der Waals surface area contributed by atoms with E-state index in [1.807, 2.05) is 24.4 Å². The van der Waals surface area contributed by atoms with Crippen molar-refractivity contribution < 1.29 is 14.3 Å². The minimum Gasteiger partial charge on any atom is -0.494 e. The lowest BCUT2D eigenvalue weighted by Crippen LogP contribution is -2.50. The van der Waals surface area contributed by atoms with Gasteiger partial charge in [-0.05, 0) is 25.3 Å². The third-order valence-corrected chi connectivity index (χ3v) is 6.25. The molecule has 4 N–H and O–H groups in total. The molecule has 35 heavy (non-hydrogen) atoms. The fourth-order valence-corrected chi connectivity index (χ4v) is 4.11. The van der Waals surface area contributed by atoms with Gasteiger partial charge in [0.25, 0.3) is 0 Å². The van der Waals surface area contributed by atoms with Crippen molar-refractivity contribution in [1.82, 2.24) is 25.2 Å². The molecule has 2 aliphatic rings. The molecule has 11 heteroatoms. The number of hydrogen-bond donors (Lipinski definition) is 4. The number of rotatable bonds is 8. The second-order valence-electron chi connectivity index (χ2n) is 8.67. The molecule has 0 radical (unpaired) electrons. The number of carbonyl (C=O) groups is 1. The van der Waals surface area contributed by atoms with Gasteiger partial charge in [0.05, 0.1) is 29.6 Å². The number of carbonyl (C=O) groups excluding carboxylic acids is 1. The molecule has 1 aromatic carbocycles. The highest BCUT2D eigenvalue weighted by molar-refractivity contribution is 6.02. The molecule has 2 fully saturated rings. The maximum Gasteiger partial charge on any atom is 0.247 e. The molecule has 2 aliphatic heterocycles. The van der Waals surface area contributed by atoms with Crippen molar-refractivity contribution >= 4 is 40.0 Å². The number of fused-ring (bicyclic) bond motifs is 1. The number of aromatic nitrogens is 3. The second-order valence-corrected chi connectivity index (χ2v) is 8.67. The largest absolute Gasteiger partial charge is 0.494 e. The maximum atomic E-state index is 12.2. The maximum absolute atomic E-state index is 12.2. The average molecular weight is 479 g/mol. The summed E-state index contributed by atoms with van der Waals surface area (Å²) in [5, 5.41) is 10.2. The van der Waals surface area contributed by atoms with Gasteiger partial charge in [-0.3, -0.25) is 4.79 Å². The third-order valence-electron chi connectivity index (χ3n) is 6.25. The van der Waals surface area contributed by atoms with Gasteiger partial charge in [0.2, 0.25) is 17.7 Å². The number of ether oxygens (including phenoxy) is 2. The fraction of sp³-hybridized carbons (Fsp3) is 0.375. The van der Waals surface area contributed by atoms with E-state index in [-0.39, 0.29) is 12.0 Å². The van der Waals surface area contributed by atoms with Crippen molar-refractivity contribution in [2.75, 3.05) is 69.0 Å². The molecule has 4 heterocycles. The van der Waals surface area contributed by atoms with E-state index in [0.717, 1.165) is 50.3 Å². The van der Waals surface area contributed by atoms with Crippen LogP contribution in [0.5, 0.6) is 11.6 Å². The highest BCUT2D eigenvalue weighted by Gasteiger charge is 2.23. The summed E-state index contributed by atoms with van der Waals surface area (Å²) in [5.74, 6) is 1.19. The van der Waals surface area contributed by atoms with E-state index in [4.69, 9.17) is 9.47 Å². The van der Waals surface area contributed by atoms with Gasteiger partial charge in [0.15, 0.2) is 0 Å². The summed E-state index contributed by atoms with van der Waals surface area (Å²) in [6.45, 7) is 8.70. The molecule has 0 atom stereocenters. The van der Waals surface area contributed by atoms with Crippen LogP contribution >= 0.6 is 0 Å². The van der Waals surface area contributed by atoms with Gasteiger partial charge in [-0.1, -0.05) is 6.58 Å². The molecule has 5 rings (SSSR count). The molecule has 11 nitrogen and oxygen atoms in total. The molecule has 2 saturated heterocycles. The smallest absolute Gasteiger partial charge is 0.247 e. The van der Waals surface area contributed by atoms with Crippen LogP contribution in [0.3, 0.4) is 0 Å². The number of nitrogens with one attached hydrogen (secondary N) is 4. The molecular formula is C24H30N8O3. The standard InChI is InChI=1S/C24H30N8O3/c1-4-21(33)27-17-11-18(20(34-3)12-19(17)32-9-7-31(2)8-10-32)28-24-29-22-16(5-6-26-22)23(30-24)35-15-13-25-14-15/h4-6,11-12,15,25H,1,7-10,13-14H2,2-3H3,(H,27,33)(H2,26,28,29,30). The van der Waals surface area contributed by atoms with Crippen molar-refractivity contribution in [3.05, 3.63) is 37.1 Å². The Morgan fingerprint density at radius 1 is 1.20 bits per heavy atom. The van der Waals surface area contributed by atoms with Crippen LogP contribution in [0.4, 0.5) is 23.0 Å². The second kappa shape index (κ2) is 9.80. The number of aromatic amines is 1. The van der Waals surface area contributed by atoms with Crippen LogP contribution in [-0.4, -0.2) is 85.3 Å². The Bertz CT molecular complexity index is 1230. The summed E-state index contributed by atoms with van der Waals surface area (Å²) in [7, 11) is 3.72. The van der Waals surface area contributed by atoms with Crippen LogP contribution in [0.25, 0.3) is 11.0 Å². The van der Waals surface area contributed by atoms with Crippen LogP contribution in [0.1, 0.15) is 0 Å². The zero-order chi connectivity index (χ0) is 24.4. The number of hydrogen-bond acceptors (Lipinski definition) is 9. The molecular weight excluding hydrogens is 448 g/mol. The fourth-order valence-electron chi connectivity index (χ4n) is 4.11. The van der Waals surface area contributed by atoms with E-state index < -0.39 is 0 Å². The molecule has 3 aromatic rings. The van der Waals surface area contributed by atoms with Gasteiger partial charge >= 0.3 is 0 Å². The van der Waals surface area contributed by atoms with Crippen LogP contribution in [-0.2, 0) is 4.79 Å². The predicted molar refractivity (Wildman–Crippen MR) is 136 cm³/mol.